The van der Waals surface area contributed by atoms with Gasteiger partial charge in [0.15, 0.2) is 0 Å². The monoisotopic (exact) mass is 366 g/mol. The van der Waals surface area contributed by atoms with Crippen molar-refractivity contribution < 1.29 is 9.53 Å². The largest absolute Gasteiger partial charge is 0.444 e. The first-order chi connectivity index (χ1) is 11.8. The smallest absolute Gasteiger partial charge is 0.407 e. The second kappa shape index (κ2) is 9.04. The number of carbonyl (C=O) groups is 1. The van der Waals surface area contributed by atoms with Crippen LogP contribution in [0.4, 0.5) is 4.79 Å². The predicted octanol–water partition coefficient (Wildman–Crippen LogP) is 5.12. The molecule has 2 rings (SSSR count). The first-order valence-corrected chi connectivity index (χ1v) is 10.4. The summed E-state index contributed by atoms with van der Waals surface area (Å²) in [5.41, 5.74) is -0.464. The van der Waals surface area contributed by atoms with E-state index in [1.54, 1.807) is 0 Å². The Morgan fingerprint density at radius 2 is 2.00 bits per heavy atom. The molecule has 1 saturated carbocycles. The highest BCUT2D eigenvalue weighted by molar-refractivity contribution is 7.10. The zero-order valence-electron chi connectivity index (χ0n) is 16.3. The second-order valence-electron chi connectivity index (χ2n) is 8.44. The molecule has 1 aromatic rings. The maximum Gasteiger partial charge on any atom is 0.407 e. The lowest BCUT2D eigenvalue weighted by Crippen LogP contribution is -2.47. The van der Waals surface area contributed by atoms with Crippen LogP contribution in [0.25, 0.3) is 0 Å². The van der Waals surface area contributed by atoms with Gasteiger partial charge in [0, 0.05) is 23.5 Å². The van der Waals surface area contributed by atoms with Gasteiger partial charge in [-0.1, -0.05) is 32.8 Å². The maximum absolute atomic E-state index is 12.0. The van der Waals surface area contributed by atoms with Crippen molar-refractivity contribution in [3.05, 3.63) is 22.4 Å². The number of nitrogens with one attached hydrogen (secondary N) is 2. The topological polar surface area (TPSA) is 50.4 Å². The van der Waals surface area contributed by atoms with E-state index in [0.717, 1.165) is 0 Å². The van der Waals surface area contributed by atoms with E-state index in [1.807, 2.05) is 32.1 Å². The summed E-state index contributed by atoms with van der Waals surface area (Å²) in [5.74, 6) is 1.13. The second-order valence-corrected chi connectivity index (χ2v) is 9.42. The molecule has 1 heterocycles. The van der Waals surface area contributed by atoms with Gasteiger partial charge < -0.3 is 15.4 Å². The first-order valence-electron chi connectivity index (χ1n) is 9.52. The van der Waals surface area contributed by atoms with Crippen LogP contribution in [0, 0.1) is 11.8 Å². The highest BCUT2D eigenvalue weighted by Crippen LogP contribution is 2.37. The summed E-state index contributed by atoms with van der Waals surface area (Å²) in [7, 11) is 0. The van der Waals surface area contributed by atoms with Crippen LogP contribution in [0.1, 0.15) is 71.2 Å². The summed E-state index contributed by atoms with van der Waals surface area (Å²) in [6.45, 7) is 10.7. The summed E-state index contributed by atoms with van der Waals surface area (Å²) in [5, 5.41) is 8.95. The highest BCUT2D eigenvalue weighted by atomic mass is 32.1. The fraction of sp³-hybridized carbons (Fsp3) is 0.750. The van der Waals surface area contributed by atoms with E-state index >= 15 is 0 Å². The van der Waals surface area contributed by atoms with Crippen molar-refractivity contribution in [3.63, 3.8) is 0 Å². The molecule has 4 nitrogen and oxygen atoms in total. The van der Waals surface area contributed by atoms with Crippen molar-refractivity contribution in [2.24, 2.45) is 11.8 Å². The van der Waals surface area contributed by atoms with Gasteiger partial charge in [0.2, 0.25) is 0 Å². The van der Waals surface area contributed by atoms with Crippen LogP contribution in [0.15, 0.2) is 17.5 Å². The van der Waals surface area contributed by atoms with E-state index in [2.05, 4.69) is 42.0 Å². The van der Waals surface area contributed by atoms with E-state index in [-0.39, 0.29) is 12.1 Å². The molecule has 1 aromatic heterocycles. The number of alkyl carbamates (subject to hydrolysis) is 1. The van der Waals surface area contributed by atoms with Crippen molar-refractivity contribution in [1.82, 2.24) is 10.6 Å². The van der Waals surface area contributed by atoms with Gasteiger partial charge in [-0.25, -0.2) is 4.79 Å². The molecule has 2 N–H and O–H groups in total. The van der Waals surface area contributed by atoms with Crippen LogP contribution in [0.5, 0.6) is 0 Å². The Labute approximate surface area is 156 Å². The van der Waals surface area contributed by atoms with Crippen LogP contribution in [0.3, 0.4) is 0 Å². The fourth-order valence-electron chi connectivity index (χ4n) is 3.43. The Hall–Kier alpha value is -1.07. The van der Waals surface area contributed by atoms with E-state index < -0.39 is 5.60 Å². The van der Waals surface area contributed by atoms with Gasteiger partial charge in [0.1, 0.15) is 5.60 Å². The molecule has 5 heteroatoms. The Morgan fingerprint density at radius 1 is 1.32 bits per heavy atom. The molecule has 142 valence electrons. The average Bonchev–Trinajstić information content (AvgIpc) is 3.18. The third-order valence-electron chi connectivity index (χ3n) is 4.78. The van der Waals surface area contributed by atoms with Gasteiger partial charge in [-0.05, 0) is 56.9 Å². The third-order valence-corrected chi connectivity index (χ3v) is 5.74. The quantitative estimate of drug-likeness (QED) is 0.704. The molecular formula is C20H34N2O2S. The summed E-state index contributed by atoms with van der Waals surface area (Å²) < 4.78 is 5.37. The van der Waals surface area contributed by atoms with E-state index in [1.165, 1.54) is 30.6 Å². The van der Waals surface area contributed by atoms with Crippen LogP contribution in [-0.4, -0.2) is 24.3 Å². The number of rotatable bonds is 7. The number of amides is 1. The van der Waals surface area contributed by atoms with E-state index in [4.69, 9.17) is 4.74 Å². The van der Waals surface area contributed by atoms with Crippen LogP contribution in [-0.2, 0) is 4.74 Å². The minimum Gasteiger partial charge on any atom is -0.444 e. The van der Waals surface area contributed by atoms with Gasteiger partial charge >= 0.3 is 6.09 Å². The van der Waals surface area contributed by atoms with Gasteiger partial charge in [-0.15, -0.1) is 11.3 Å². The molecule has 0 aromatic carbocycles. The molecule has 1 aliphatic rings. The predicted molar refractivity (Wildman–Crippen MR) is 105 cm³/mol. The lowest BCUT2D eigenvalue weighted by atomic mass is 9.94. The van der Waals surface area contributed by atoms with Gasteiger partial charge in [0.05, 0.1) is 0 Å². The lowest BCUT2D eigenvalue weighted by Gasteiger charge is -2.32. The molecule has 0 saturated heterocycles. The van der Waals surface area contributed by atoms with E-state index in [9.17, 15) is 4.79 Å². The Bertz CT molecular complexity index is 516. The first kappa shape index (κ1) is 20.2. The van der Waals surface area contributed by atoms with Crippen molar-refractivity contribution in [2.75, 3.05) is 6.54 Å². The Morgan fingerprint density at radius 3 is 2.52 bits per heavy atom. The molecule has 25 heavy (non-hydrogen) atoms. The number of thiophene rings is 1. The lowest BCUT2D eigenvalue weighted by molar-refractivity contribution is 0.0517. The summed E-state index contributed by atoms with van der Waals surface area (Å²) in [6.07, 6.45) is 4.90. The van der Waals surface area contributed by atoms with Crippen molar-refractivity contribution >= 4 is 17.4 Å². The molecule has 2 unspecified atom stereocenters. The van der Waals surface area contributed by atoms with Crippen molar-refractivity contribution in [3.8, 4) is 0 Å². The molecule has 1 amide bonds. The maximum atomic E-state index is 12.0. The standard InChI is InChI=1S/C20H34N2O2S/c1-14(2)16(13-21-19(23)24-20(3,4)5)22-18(15-9-6-7-10-15)17-11-8-12-25-17/h8,11-12,14-16,18,22H,6-7,9-10,13H2,1-5H3,(H,21,23). The van der Waals surface area contributed by atoms with Gasteiger partial charge in [-0.2, -0.15) is 0 Å². The number of hydrogen-bond acceptors (Lipinski definition) is 4. The van der Waals surface area contributed by atoms with E-state index in [0.29, 0.717) is 24.4 Å². The van der Waals surface area contributed by atoms with Crippen LogP contribution < -0.4 is 10.6 Å². The zero-order chi connectivity index (χ0) is 18.4. The molecule has 1 aliphatic carbocycles. The fourth-order valence-corrected chi connectivity index (χ4v) is 4.31. The van der Waals surface area contributed by atoms with Crippen molar-refractivity contribution in [2.45, 2.75) is 78.0 Å². The summed E-state index contributed by atoms with van der Waals surface area (Å²) >= 11 is 1.83. The number of ether oxygens (including phenoxy) is 1. The van der Waals surface area contributed by atoms with Crippen LogP contribution in [0.2, 0.25) is 0 Å². The summed E-state index contributed by atoms with van der Waals surface area (Å²) in [6, 6.07) is 4.97. The normalized spacial score (nSPS) is 18.3. The molecular weight excluding hydrogens is 332 g/mol. The molecule has 0 bridgehead atoms. The zero-order valence-corrected chi connectivity index (χ0v) is 17.1. The highest BCUT2D eigenvalue weighted by Gasteiger charge is 2.30. The van der Waals surface area contributed by atoms with Gasteiger partial charge in [0.25, 0.3) is 0 Å². The van der Waals surface area contributed by atoms with Crippen LogP contribution >= 0.6 is 11.3 Å². The SMILES string of the molecule is CC(C)C(CNC(=O)OC(C)(C)C)NC(c1cccs1)C1CCCC1. The third kappa shape index (κ3) is 6.63. The van der Waals surface area contributed by atoms with Gasteiger partial charge in [-0.3, -0.25) is 0 Å². The number of hydrogen-bond donors (Lipinski definition) is 2. The molecule has 1 fully saturated rings. The molecule has 0 aliphatic heterocycles. The molecule has 0 radical (unpaired) electrons. The minimum atomic E-state index is -0.464. The van der Waals surface area contributed by atoms with Crippen molar-refractivity contribution in [1.29, 1.82) is 0 Å². The minimum absolute atomic E-state index is 0.222. The summed E-state index contributed by atoms with van der Waals surface area (Å²) in [4.78, 5) is 13.4. The molecule has 0 spiro atoms. The average molecular weight is 367 g/mol. The Kier molecular flexibility index (Phi) is 7.32. The Balaban J connectivity index is 1.99. The number of carbonyl (C=O) groups excluding carboxylic acids is 1. The molecule has 2 atom stereocenters.